The number of carbonyl (C=O) groups excluding carboxylic acids is 1. The van der Waals surface area contributed by atoms with Crippen molar-refractivity contribution in [2.45, 2.75) is 27.2 Å². The Bertz CT molecular complexity index is 517. The summed E-state index contributed by atoms with van der Waals surface area (Å²) in [5, 5.41) is 6.70. The summed E-state index contributed by atoms with van der Waals surface area (Å²) in [5.74, 6) is 1.19. The van der Waals surface area contributed by atoms with Crippen molar-refractivity contribution in [2.24, 2.45) is 11.8 Å². The Morgan fingerprint density at radius 3 is 3.00 bits per heavy atom. The van der Waals surface area contributed by atoms with Gasteiger partial charge in [0.05, 0.1) is 6.61 Å². The van der Waals surface area contributed by atoms with E-state index < -0.39 is 5.97 Å². The van der Waals surface area contributed by atoms with E-state index in [0.717, 1.165) is 12.2 Å². The molecule has 0 spiro atoms. The van der Waals surface area contributed by atoms with E-state index in [-0.39, 0.29) is 5.82 Å². The number of allylic oxidation sites excluding steroid dienone is 4. The zero-order valence-electron chi connectivity index (χ0n) is 11.5. The third-order valence-electron chi connectivity index (χ3n) is 3.23. The summed E-state index contributed by atoms with van der Waals surface area (Å²) in [7, 11) is 0. The van der Waals surface area contributed by atoms with Crippen LogP contribution in [0, 0.1) is 11.8 Å². The minimum Gasteiger partial charge on any atom is -0.460 e. The number of carbonyl (C=O) groups is 1. The lowest BCUT2D eigenvalue weighted by Gasteiger charge is -2.20. The molecule has 5 heteroatoms. The van der Waals surface area contributed by atoms with E-state index in [4.69, 9.17) is 4.74 Å². The van der Waals surface area contributed by atoms with Gasteiger partial charge in [0.2, 0.25) is 0 Å². The average molecular weight is 261 g/mol. The number of hydrogen-bond donors (Lipinski definition) is 1. The van der Waals surface area contributed by atoms with Gasteiger partial charge in [-0.25, -0.2) is 9.78 Å². The molecule has 0 bridgehead atoms. The monoisotopic (exact) mass is 261 g/mol. The highest BCUT2D eigenvalue weighted by Gasteiger charge is 2.19. The predicted molar refractivity (Wildman–Crippen MR) is 71.6 cm³/mol. The molecule has 1 aliphatic rings. The van der Waals surface area contributed by atoms with Crippen LogP contribution in [0.15, 0.2) is 23.8 Å². The van der Waals surface area contributed by atoms with Gasteiger partial charge in [-0.15, -0.1) is 5.10 Å². The molecule has 0 amide bonds. The third kappa shape index (κ3) is 3.30. The van der Waals surface area contributed by atoms with Crippen LogP contribution >= 0.6 is 0 Å². The van der Waals surface area contributed by atoms with Crippen LogP contribution in [0.5, 0.6) is 0 Å². The van der Waals surface area contributed by atoms with Crippen LogP contribution < -0.4 is 0 Å². The van der Waals surface area contributed by atoms with Crippen molar-refractivity contribution in [2.75, 3.05) is 6.61 Å². The lowest BCUT2D eigenvalue weighted by molar-refractivity contribution is 0.0512. The van der Waals surface area contributed by atoms with Crippen molar-refractivity contribution >= 4 is 5.97 Å². The zero-order valence-corrected chi connectivity index (χ0v) is 11.5. The number of hydrogen-bond acceptors (Lipinski definition) is 4. The van der Waals surface area contributed by atoms with Gasteiger partial charge >= 0.3 is 5.97 Å². The van der Waals surface area contributed by atoms with E-state index in [1.54, 1.807) is 6.92 Å². The number of aromatic amines is 1. The quantitative estimate of drug-likeness (QED) is 0.844. The summed E-state index contributed by atoms with van der Waals surface area (Å²) in [6.45, 7) is 6.36. The van der Waals surface area contributed by atoms with Gasteiger partial charge in [-0.05, 0) is 25.7 Å². The molecule has 5 nitrogen and oxygen atoms in total. The lowest BCUT2D eigenvalue weighted by atomic mass is 9.85. The SMILES string of the molecule is CCOC(=O)c1n[nH]c(CC2C=CC(C)=CC2C)n1. The number of rotatable bonds is 4. The summed E-state index contributed by atoms with van der Waals surface area (Å²) >= 11 is 0. The Labute approximate surface area is 112 Å². The molecule has 1 aromatic rings. The molecule has 0 saturated heterocycles. The van der Waals surface area contributed by atoms with E-state index in [1.165, 1.54) is 5.57 Å². The third-order valence-corrected chi connectivity index (χ3v) is 3.23. The summed E-state index contributed by atoms with van der Waals surface area (Å²) in [6.07, 6.45) is 7.29. The molecule has 2 unspecified atom stereocenters. The predicted octanol–water partition coefficient (Wildman–Crippen LogP) is 2.29. The van der Waals surface area contributed by atoms with Crippen molar-refractivity contribution in [3.63, 3.8) is 0 Å². The van der Waals surface area contributed by atoms with Crippen LogP contribution in [0.1, 0.15) is 37.2 Å². The molecule has 0 aromatic carbocycles. The fourth-order valence-corrected chi connectivity index (χ4v) is 2.20. The molecular formula is C14H19N3O2. The Kier molecular flexibility index (Phi) is 4.14. The van der Waals surface area contributed by atoms with E-state index in [0.29, 0.717) is 18.4 Å². The van der Waals surface area contributed by atoms with Crippen molar-refractivity contribution in [3.05, 3.63) is 35.4 Å². The molecule has 102 valence electrons. The Hall–Kier alpha value is -1.91. The number of nitrogens with zero attached hydrogens (tertiary/aromatic N) is 2. The number of ether oxygens (including phenoxy) is 1. The first-order valence-electron chi connectivity index (χ1n) is 6.55. The Morgan fingerprint density at radius 1 is 1.53 bits per heavy atom. The van der Waals surface area contributed by atoms with E-state index in [2.05, 4.69) is 47.3 Å². The molecule has 2 rings (SSSR count). The largest absolute Gasteiger partial charge is 0.460 e. The molecule has 2 atom stereocenters. The van der Waals surface area contributed by atoms with Crippen LogP contribution in [-0.4, -0.2) is 27.8 Å². The molecule has 0 radical (unpaired) electrons. The minimum atomic E-state index is -0.479. The summed E-state index contributed by atoms with van der Waals surface area (Å²) in [5.41, 5.74) is 1.29. The van der Waals surface area contributed by atoms with E-state index in [1.807, 2.05) is 0 Å². The van der Waals surface area contributed by atoms with Gasteiger partial charge in [-0.2, -0.15) is 0 Å². The van der Waals surface area contributed by atoms with Crippen molar-refractivity contribution in [3.8, 4) is 0 Å². The number of H-pyrrole nitrogens is 1. The van der Waals surface area contributed by atoms with Crippen LogP contribution in [0.2, 0.25) is 0 Å². The summed E-state index contributed by atoms with van der Waals surface area (Å²) in [4.78, 5) is 15.6. The van der Waals surface area contributed by atoms with Crippen LogP contribution in [-0.2, 0) is 11.2 Å². The molecule has 1 N–H and O–H groups in total. The maximum absolute atomic E-state index is 11.5. The van der Waals surface area contributed by atoms with Crippen LogP contribution in [0.25, 0.3) is 0 Å². The maximum atomic E-state index is 11.5. The van der Waals surface area contributed by atoms with Crippen molar-refractivity contribution < 1.29 is 9.53 Å². The molecule has 1 aromatic heterocycles. The highest BCUT2D eigenvalue weighted by molar-refractivity contribution is 5.84. The fourth-order valence-electron chi connectivity index (χ4n) is 2.20. The van der Waals surface area contributed by atoms with Gasteiger partial charge in [-0.3, -0.25) is 5.10 Å². The molecule has 1 aliphatic carbocycles. The first-order valence-corrected chi connectivity index (χ1v) is 6.55. The van der Waals surface area contributed by atoms with E-state index >= 15 is 0 Å². The van der Waals surface area contributed by atoms with Crippen molar-refractivity contribution in [1.82, 2.24) is 15.2 Å². The highest BCUT2D eigenvalue weighted by Crippen LogP contribution is 2.24. The lowest BCUT2D eigenvalue weighted by Crippen LogP contribution is -2.14. The first kappa shape index (κ1) is 13.5. The second-order valence-electron chi connectivity index (χ2n) is 4.82. The summed E-state index contributed by atoms with van der Waals surface area (Å²) < 4.78 is 4.86. The zero-order chi connectivity index (χ0) is 13.8. The van der Waals surface area contributed by atoms with Crippen LogP contribution in [0.3, 0.4) is 0 Å². The molecule has 19 heavy (non-hydrogen) atoms. The van der Waals surface area contributed by atoms with Gasteiger partial charge in [0.1, 0.15) is 5.82 Å². The van der Waals surface area contributed by atoms with Gasteiger partial charge in [0.15, 0.2) is 0 Å². The standard InChI is InChI=1S/C14H19N3O2/c1-4-19-14(18)13-15-12(16-17-13)8-11-6-5-9(2)7-10(11)3/h5-7,10-11H,4,8H2,1-3H3,(H,15,16,17). The van der Waals surface area contributed by atoms with E-state index in [9.17, 15) is 4.79 Å². The van der Waals surface area contributed by atoms with Crippen molar-refractivity contribution in [1.29, 1.82) is 0 Å². The second-order valence-corrected chi connectivity index (χ2v) is 4.82. The first-order chi connectivity index (χ1) is 9.10. The Balaban J connectivity index is 2.01. The van der Waals surface area contributed by atoms with Gasteiger partial charge in [0, 0.05) is 6.42 Å². The summed E-state index contributed by atoms with van der Waals surface area (Å²) in [6, 6.07) is 0. The molecule has 0 saturated carbocycles. The average Bonchev–Trinajstić information content (AvgIpc) is 2.82. The number of esters is 1. The maximum Gasteiger partial charge on any atom is 0.378 e. The molecule has 1 heterocycles. The minimum absolute atomic E-state index is 0.107. The number of nitrogens with one attached hydrogen (secondary N) is 1. The van der Waals surface area contributed by atoms with Gasteiger partial charge in [-0.1, -0.05) is 30.7 Å². The highest BCUT2D eigenvalue weighted by atomic mass is 16.5. The van der Waals surface area contributed by atoms with Crippen LogP contribution in [0.4, 0.5) is 0 Å². The topological polar surface area (TPSA) is 67.9 Å². The molecule has 0 aliphatic heterocycles. The Morgan fingerprint density at radius 2 is 2.32 bits per heavy atom. The smallest absolute Gasteiger partial charge is 0.378 e. The fraction of sp³-hybridized carbons (Fsp3) is 0.500. The molecular weight excluding hydrogens is 242 g/mol. The van der Waals surface area contributed by atoms with Gasteiger partial charge in [0.25, 0.3) is 5.82 Å². The second kappa shape index (κ2) is 5.82. The normalized spacial score (nSPS) is 22.2. The molecule has 0 fully saturated rings. The van der Waals surface area contributed by atoms with Gasteiger partial charge < -0.3 is 4.74 Å². The number of aromatic nitrogens is 3.